The number of carbonyl (C=O) groups is 2. The molecule has 3 atom stereocenters. The maximum absolute atomic E-state index is 14.8. The number of fused-ring (bicyclic) bond motifs is 1. The zero-order chi connectivity index (χ0) is 36.0. The molecule has 3 unspecified atom stereocenters. The van der Waals surface area contributed by atoms with Crippen molar-refractivity contribution in [3.8, 4) is 46.0 Å². The first kappa shape index (κ1) is 34.0. The molecule has 10 nitrogen and oxygen atoms in total. The number of rotatable bonds is 7. The molecule has 0 radical (unpaired) electrons. The monoisotopic (exact) mass is 678 g/mol. The van der Waals surface area contributed by atoms with Gasteiger partial charge in [0.05, 0.1) is 23.1 Å². The summed E-state index contributed by atoms with van der Waals surface area (Å²) in [6.07, 6.45) is 1.37. The summed E-state index contributed by atoms with van der Waals surface area (Å²) in [6.45, 7) is 5.65. The predicted molar refractivity (Wildman–Crippen MR) is 185 cm³/mol. The maximum atomic E-state index is 14.8. The molecule has 2 aliphatic rings. The van der Waals surface area contributed by atoms with E-state index in [0.717, 1.165) is 11.6 Å². The molecule has 0 saturated carbocycles. The molecule has 258 valence electrons. The summed E-state index contributed by atoms with van der Waals surface area (Å²) < 4.78 is 6.07. The predicted octanol–water partition coefficient (Wildman–Crippen LogP) is 7.69. The van der Waals surface area contributed by atoms with Gasteiger partial charge in [-0.1, -0.05) is 24.6 Å². The normalized spacial score (nSPS) is 18.7. The average molecular weight is 679 g/mol. The van der Waals surface area contributed by atoms with Crippen LogP contribution in [-0.4, -0.2) is 47.3 Å². The van der Waals surface area contributed by atoms with Gasteiger partial charge in [0.25, 0.3) is 0 Å². The van der Waals surface area contributed by atoms with Gasteiger partial charge in [0.1, 0.15) is 52.1 Å². The fourth-order valence-electron chi connectivity index (χ4n) is 7.01. The van der Waals surface area contributed by atoms with Gasteiger partial charge < -0.3 is 40.5 Å². The quantitative estimate of drug-likeness (QED) is 0.0755. The van der Waals surface area contributed by atoms with Gasteiger partial charge in [-0.2, -0.15) is 0 Å². The molecule has 1 aliphatic carbocycles. The second-order valence-electron chi connectivity index (χ2n) is 13.3. The van der Waals surface area contributed by atoms with Gasteiger partial charge in [-0.05, 0) is 87.1 Å². The largest absolute Gasteiger partial charge is 0.508 e. The highest BCUT2D eigenvalue weighted by Gasteiger charge is 2.39. The third-order valence-corrected chi connectivity index (χ3v) is 9.46. The number of Topliss-reactive ketones (excluding diaryl/α,β-unsaturated/α-hetero) is 2. The maximum Gasteiger partial charge on any atom is 0.193 e. The smallest absolute Gasteiger partial charge is 0.193 e. The summed E-state index contributed by atoms with van der Waals surface area (Å²) in [6, 6.07) is 13.6. The fraction of sp³-hybridized carbons (Fsp3) is 0.250. The Kier molecular flexibility index (Phi) is 8.96. The molecule has 0 aromatic heterocycles. The Labute approximate surface area is 288 Å². The van der Waals surface area contributed by atoms with Gasteiger partial charge in [-0.15, -0.1) is 0 Å². The van der Waals surface area contributed by atoms with Crippen LogP contribution in [0.2, 0.25) is 0 Å². The highest BCUT2D eigenvalue weighted by atomic mass is 16.5. The Morgan fingerprint density at radius 1 is 0.800 bits per heavy atom. The first-order valence-corrected chi connectivity index (χ1v) is 16.3. The molecule has 7 N–H and O–H groups in total. The SMILES string of the molecule is CC(C)=CCc1c(O)ccc(C(=O)C2=C(c3c(O)ccc(C4CC(=O)c5ccc(O)cc5O4)c3O)CC(C)CC2c2ccc(O)cc2O)c1O. The van der Waals surface area contributed by atoms with Gasteiger partial charge in [0.15, 0.2) is 11.6 Å². The number of hydrogen-bond acceptors (Lipinski definition) is 10. The number of benzene rings is 4. The lowest BCUT2D eigenvalue weighted by molar-refractivity contribution is 0.0846. The van der Waals surface area contributed by atoms with Crippen molar-refractivity contribution in [3.63, 3.8) is 0 Å². The molecule has 1 heterocycles. The Bertz CT molecular complexity index is 2100. The summed E-state index contributed by atoms with van der Waals surface area (Å²) in [5, 5.41) is 76.4. The second kappa shape index (κ2) is 13.2. The van der Waals surface area contributed by atoms with Gasteiger partial charge in [-0.3, -0.25) is 9.59 Å². The molecular weight excluding hydrogens is 640 g/mol. The summed E-state index contributed by atoms with van der Waals surface area (Å²) in [5.41, 5.74) is 1.97. The van der Waals surface area contributed by atoms with Crippen molar-refractivity contribution in [2.75, 3.05) is 0 Å². The lowest BCUT2D eigenvalue weighted by Crippen LogP contribution is -2.23. The molecule has 0 saturated heterocycles. The van der Waals surface area contributed by atoms with Crippen molar-refractivity contribution < 1.29 is 50.1 Å². The molecule has 50 heavy (non-hydrogen) atoms. The van der Waals surface area contributed by atoms with Gasteiger partial charge >= 0.3 is 0 Å². The Hall–Kier alpha value is -5.90. The third kappa shape index (κ3) is 6.20. The van der Waals surface area contributed by atoms with Crippen LogP contribution in [0.1, 0.15) is 95.0 Å². The summed E-state index contributed by atoms with van der Waals surface area (Å²) >= 11 is 0. The minimum absolute atomic E-state index is 0.0681. The van der Waals surface area contributed by atoms with Crippen LogP contribution in [-0.2, 0) is 6.42 Å². The number of ketones is 2. The number of phenols is 7. The van der Waals surface area contributed by atoms with Crippen LogP contribution in [0.4, 0.5) is 0 Å². The fourth-order valence-corrected chi connectivity index (χ4v) is 7.01. The standard InChI is InChI=1S/C40H38O10/c1-19(2)4-7-25-30(43)12-11-27(38(25)47)40(49)36-28(23-8-5-21(41)16-32(23)45)14-20(3)15-29(36)37-31(44)13-10-26(39(37)48)35-18-33(46)24-9-6-22(42)17-34(24)50-35/h4-6,8-13,16-17,20,28,35,41-45,47-48H,7,14-15,18H2,1-3H3. The van der Waals surface area contributed by atoms with Crippen LogP contribution < -0.4 is 4.74 Å². The van der Waals surface area contributed by atoms with Crippen molar-refractivity contribution in [2.24, 2.45) is 5.92 Å². The molecule has 1 aliphatic heterocycles. The van der Waals surface area contributed by atoms with Crippen molar-refractivity contribution in [1.29, 1.82) is 0 Å². The molecule has 4 aromatic carbocycles. The summed E-state index contributed by atoms with van der Waals surface area (Å²) in [5.74, 6) is -3.73. The minimum Gasteiger partial charge on any atom is -0.508 e. The van der Waals surface area contributed by atoms with E-state index in [1.54, 1.807) is 6.08 Å². The molecule has 10 heteroatoms. The van der Waals surface area contributed by atoms with Crippen molar-refractivity contribution in [1.82, 2.24) is 0 Å². The van der Waals surface area contributed by atoms with Gasteiger partial charge in [0, 0.05) is 40.3 Å². The second-order valence-corrected chi connectivity index (χ2v) is 13.3. The highest BCUT2D eigenvalue weighted by molar-refractivity contribution is 6.16. The van der Waals surface area contributed by atoms with Gasteiger partial charge in [-0.25, -0.2) is 0 Å². The van der Waals surface area contributed by atoms with E-state index in [2.05, 4.69) is 0 Å². The lowest BCUT2D eigenvalue weighted by Gasteiger charge is -2.34. The number of aromatic hydroxyl groups is 7. The minimum atomic E-state index is -0.993. The Balaban J connectivity index is 1.58. The number of allylic oxidation sites excluding steroid dienone is 4. The zero-order valence-electron chi connectivity index (χ0n) is 27.8. The summed E-state index contributed by atoms with van der Waals surface area (Å²) in [4.78, 5) is 27.9. The average Bonchev–Trinajstić information content (AvgIpc) is 3.04. The van der Waals surface area contributed by atoms with Gasteiger partial charge in [0.2, 0.25) is 0 Å². The molecule has 0 spiro atoms. The molecule has 4 aromatic rings. The van der Waals surface area contributed by atoms with E-state index in [1.807, 2.05) is 20.8 Å². The Morgan fingerprint density at radius 3 is 2.20 bits per heavy atom. The van der Waals surface area contributed by atoms with Crippen LogP contribution >= 0.6 is 0 Å². The van der Waals surface area contributed by atoms with Crippen molar-refractivity contribution >= 4 is 17.1 Å². The van der Waals surface area contributed by atoms with E-state index >= 15 is 0 Å². The third-order valence-electron chi connectivity index (χ3n) is 9.46. The zero-order valence-corrected chi connectivity index (χ0v) is 27.8. The number of hydrogen-bond donors (Lipinski definition) is 7. The molecule has 0 fully saturated rings. The number of ether oxygens (including phenoxy) is 1. The highest BCUT2D eigenvalue weighted by Crippen LogP contribution is 2.53. The van der Waals surface area contributed by atoms with Crippen LogP contribution in [0.3, 0.4) is 0 Å². The number of carbonyl (C=O) groups excluding carboxylic acids is 2. The number of phenolic OH excluding ortho intramolecular Hbond substituents is 7. The van der Waals surface area contributed by atoms with Crippen LogP contribution in [0.15, 0.2) is 77.9 Å². The van der Waals surface area contributed by atoms with E-state index in [1.165, 1.54) is 54.6 Å². The van der Waals surface area contributed by atoms with E-state index < -0.39 is 29.3 Å². The van der Waals surface area contributed by atoms with Crippen molar-refractivity contribution in [2.45, 2.75) is 58.5 Å². The first-order chi connectivity index (χ1) is 23.7. The van der Waals surface area contributed by atoms with E-state index in [9.17, 15) is 45.3 Å². The topological polar surface area (TPSA) is 185 Å². The van der Waals surface area contributed by atoms with Crippen molar-refractivity contribution in [3.05, 3.63) is 111 Å². The summed E-state index contributed by atoms with van der Waals surface area (Å²) in [7, 11) is 0. The molecule has 0 bridgehead atoms. The lowest BCUT2D eigenvalue weighted by atomic mass is 9.70. The first-order valence-electron chi connectivity index (χ1n) is 16.3. The van der Waals surface area contributed by atoms with E-state index in [-0.39, 0.29) is 104 Å². The van der Waals surface area contributed by atoms with E-state index in [0.29, 0.717) is 12.0 Å². The molecule has 6 rings (SSSR count). The molecule has 0 amide bonds. The molecular formula is C40H38O10. The van der Waals surface area contributed by atoms with Crippen LogP contribution in [0.25, 0.3) is 5.57 Å². The Morgan fingerprint density at radius 2 is 1.48 bits per heavy atom. The van der Waals surface area contributed by atoms with Crippen LogP contribution in [0.5, 0.6) is 46.0 Å². The van der Waals surface area contributed by atoms with E-state index in [4.69, 9.17) is 4.74 Å². The van der Waals surface area contributed by atoms with Crippen LogP contribution in [0, 0.1) is 5.92 Å².